The molecule has 2 aromatic carbocycles. The van der Waals surface area contributed by atoms with Crippen LogP contribution >= 0.6 is 0 Å². The van der Waals surface area contributed by atoms with E-state index in [4.69, 9.17) is 9.47 Å². The van der Waals surface area contributed by atoms with Crippen molar-refractivity contribution in [3.05, 3.63) is 83.1 Å². The third kappa shape index (κ3) is 5.96. The molecule has 5 heteroatoms. The van der Waals surface area contributed by atoms with Crippen LogP contribution in [-0.4, -0.2) is 23.3 Å². The number of hydrogen-bond donors (Lipinski definition) is 2. The molecule has 4 rings (SSSR count). The Morgan fingerprint density at radius 3 is 2.42 bits per heavy atom. The van der Waals surface area contributed by atoms with Crippen molar-refractivity contribution in [3.8, 4) is 0 Å². The van der Waals surface area contributed by atoms with Crippen LogP contribution in [0.5, 0.6) is 0 Å². The number of nitrogens with one attached hydrogen (secondary N) is 1. The number of carbonyl (C=O) groups excluding carboxylic acids is 1. The lowest BCUT2D eigenvalue weighted by atomic mass is 9.92. The number of ether oxygens (including phenoxy) is 2. The van der Waals surface area contributed by atoms with E-state index in [-0.39, 0.29) is 24.5 Å². The second-order valence-corrected chi connectivity index (χ2v) is 8.43. The maximum Gasteiger partial charge on any atom is 0.286 e. The Balaban J connectivity index is 1.45. The summed E-state index contributed by atoms with van der Waals surface area (Å²) in [5, 5.41) is 12.4. The molecule has 2 atom stereocenters. The highest BCUT2D eigenvalue weighted by molar-refractivity contribution is 5.92. The number of aliphatic hydroxyl groups is 1. The van der Waals surface area contributed by atoms with E-state index < -0.39 is 6.29 Å². The summed E-state index contributed by atoms with van der Waals surface area (Å²) < 4.78 is 12.1. The summed E-state index contributed by atoms with van der Waals surface area (Å²) in [6.07, 6.45) is 7.73. The van der Waals surface area contributed by atoms with Gasteiger partial charge in [0, 0.05) is 18.4 Å². The molecule has 2 aliphatic rings. The van der Waals surface area contributed by atoms with Crippen LogP contribution < -0.4 is 5.32 Å². The van der Waals surface area contributed by atoms with Gasteiger partial charge >= 0.3 is 0 Å². The number of allylic oxidation sites excluding steroid dienone is 1. The van der Waals surface area contributed by atoms with Crippen LogP contribution in [0.2, 0.25) is 0 Å². The fourth-order valence-corrected chi connectivity index (χ4v) is 4.28. The molecule has 1 fully saturated rings. The standard InChI is InChI=1S/C26H31NO4/c28-17-19-11-13-20(14-12-19)18-30-25-16-22(21-7-3-1-4-8-21)15-24(31-25)26(29)27-23-9-5-2-6-10-23/h1,3-4,7-8,11-15,22-23,25,28H,2,5-6,9-10,16-18H2,(H,27,29)/t22-,25+/m1/s1. The van der Waals surface area contributed by atoms with E-state index in [1.807, 2.05) is 48.5 Å². The Hall–Kier alpha value is -2.63. The molecule has 0 aromatic heterocycles. The van der Waals surface area contributed by atoms with Crippen LogP contribution in [0.3, 0.4) is 0 Å². The van der Waals surface area contributed by atoms with E-state index in [0.717, 1.165) is 42.4 Å². The van der Waals surface area contributed by atoms with Gasteiger partial charge < -0.3 is 19.9 Å². The molecule has 164 valence electrons. The molecule has 0 radical (unpaired) electrons. The number of benzene rings is 2. The molecule has 1 aliphatic carbocycles. The Morgan fingerprint density at radius 2 is 1.71 bits per heavy atom. The van der Waals surface area contributed by atoms with Crippen LogP contribution in [0.4, 0.5) is 0 Å². The van der Waals surface area contributed by atoms with E-state index in [1.165, 1.54) is 6.42 Å². The predicted octanol–water partition coefficient (Wildman–Crippen LogP) is 4.56. The average molecular weight is 422 g/mol. The second kappa shape index (κ2) is 10.6. The van der Waals surface area contributed by atoms with Gasteiger partial charge in [-0.2, -0.15) is 0 Å². The van der Waals surface area contributed by atoms with Crippen LogP contribution in [0.25, 0.3) is 0 Å². The van der Waals surface area contributed by atoms with Crippen molar-refractivity contribution in [1.82, 2.24) is 5.32 Å². The molecule has 1 heterocycles. The first-order chi connectivity index (χ1) is 15.2. The number of rotatable bonds is 7. The van der Waals surface area contributed by atoms with Gasteiger partial charge in [-0.15, -0.1) is 0 Å². The quantitative estimate of drug-likeness (QED) is 0.688. The Morgan fingerprint density at radius 1 is 1.00 bits per heavy atom. The number of amides is 1. The van der Waals surface area contributed by atoms with Crippen molar-refractivity contribution in [2.45, 2.75) is 70.0 Å². The van der Waals surface area contributed by atoms with E-state index in [2.05, 4.69) is 17.4 Å². The summed E-state index contributed by atoms with van der Waals surface area (Å²) in [6.45, 7) is 0.408. The molecule has 1 aliphatic heterocycles. The summed E-state index contributed by atoms with van der Waals surface area (Å²) >= 11 is 0. The van der Waals surface area contributed by atoms with Gasteiger partial charge in [0.25, 0.3) is 5.91 Å². The van der Waals surface area contributed by atoms with Crippen LogP contribution in [-0.2, 0) is 27.5 Å². The molecule has 0 saturated heterocycles. The van der Waals surface area contributed by atoms with Crippen LogP contribution in [0.15, 0.2) is 66.4 Å². The van der Waals surface area contributed by atoms with Gasteiger partial charge in [-0.05, 0) is 35.6 Å². The largest absolute Gasteiger partial charge is 0.459 e. The molecule has 2 aromatic rings. The lowest BCUT2D eigenvalue weighted by molar-refractivity contribution is -0.150. The molecule has 0 bridgehead atoms. The fraction of sp³-hybridized carbons (Fsp3) is 0.423. The van der Waals surface area contributed by atoms with Gasteiger partial charge in [-0.1, -0.05) is 73.9 Å². The van der Waals surface area contributed by atoms with Gasteiger partial charge in [-0.25, -0.2) is 0 Å². The van der Waals surface area contributed by atoms with Crippen molar-refractivity contribution in [1.29, 1.82) is 0 Å². The second-order valence-electron chi connectivity index (χ2n) is 8.43. The molecule has 31 heavy (non-hydrogen) atoms. The fourth-order valence-electron chi connectivity index (χ4n) is 4.28. The molecule has 5 nitrogen and oxygen atoms in total. The van der Waals surface area contributed by atoms with Crippen LogP contribution in [0, 0.1) is 0 Å². The minimum absolute atomic E-state index is 0.0237. The molecule has 1 saturated carbocycles. The van der Waals surface area contributed by atoms with Crippen molar-refractivity contribution >= 4 is 5.91 Å². The monoisotopic (exact) mass is 421 g/mol. The van der Waals surface area contributed by atoms with E-state index >= 15 is 0 Å². The first-order valence-electron chi connectivity index (χ1n) is 11.3. The normalized spacial score (nSPS) is 21.8. The van der Waals surface area contributed by atoms with Crippen molar-refractivity contribution < 1.29 is 19.4 Å². The number of hydrogen-bond acceptors (Lipinski definition) is 4. The molecule has 1 amide bonds. The highest BCUT2D eigenvalue weighted by Crippen LogP contribution is 2.32. The summed E-state index contributed by atoms with van der Waals surface area (Å²) in [6, 6.07) is 18.1. The number of aliphatic hydroxyl groups excluding tert-OH is 1. The van der Waals surface area contributed by atoms with Gasteiger partial charge in [0.15, 0.2) is 5.76 Å². The molecule has 0 unspecified atom stereocenters. The Kier molecular flexibility index (Phi) is 7.39. The summed E-state index contributed by atoms with van der Waals surface area (Å²) in [4.78, 5) is 12.9. The third-order valence-corrected chi connectivity index (χ3v) is 6.09. The van der Waals surface area contributed by atoms with E-state index in [1.54, 1.807) is 0 Å². The smallest absolute Gasteiger partial charge is 0.286 e. The van der Waals surface area contributed by atoms with Gasteiger partial charge in [0.05, 0.1) is 13.2 Å². The summed E-state index contributed by atoms with van der Waals surface area (Å²) in [5.74, 6) is 0.267. The van der Waals surface area contributed by atoms with E-state index in [0.29, 0.717) is 18.8 Å². The maximum atomic E-state index is 12.9. The average Bonchev–Trinajstić information content (AvgIpc) is 2.84. The van der Waals surface area contributed by atoms with Crippen molar-refractivity contribution in [3.63, 3.8) is 0 Å². The van der Waals surface area contributed by atoms with Crippen molar-refractivity contribution in [2.75, 3.05) is 0 Å². The van der Waals surface area contributed by atoms with Gasteiger partial charge in [0.2, 0.25) is 6.29 Å². The van der Waals surface area contributed by atoms with Gasteiger partial charge in [-0.3, -0.25) is 4.79 Å². The maximum absolute atomic E-state index is 12.9. The highest BCUT2D eigenvalue weighted by Gasteiger charge is 2.30. The minimum atomic E-state index is -0.500. The predicted molar refractivity (Wildman–Crippen MR) is 119 cm³/mol. The lowest BCUT2D eigenvalue weighted by Gasteiger charge is -2.30. The Labute approximate surface area is 184 Å². The highest BCUT2D eigenvalue weighted by atomic mass is 16.7. The summed E-state index contributed by atoms with van der Waals surface area (Å²) in [7, 11) is 0. The summed E-state index contributed by atoms with van der Waals surface area (Å²) in [5.41, 5.74) is 3.01. The van der Waals surface area contributed by atoms with E-state index in [9.17, 15) is 9.90 Å². The molecule has 2 N–H and O–H groups in total. The first-order valence-corrected chi connectivity index (χ1v) is 11.3. The topological polar surface area (TPSA) is 67.8 Å². The minimum Gasteiger partial charge on any atom is -0.459 e. The van der Waals surface area contributed by atoms with Crippen LogP contribution in [0.1, 0.15) is 61.1 Å². The zero-order valence-electron chi connectivity index (χ0n) is 17.8. The SMILES string of the molecule is O=C(NC1CCCCC1)C1=C[C@@H](c2ccccc2)C[C@@H](OCc2ccc(CO)cc2)O1. The van der Waals surface area contributed by atoms with Crippen molar-refractivity contribution in [2.24, 2.45) is 0 Å². The molecular weight excluding hydrogens is 390 g/mol. The zero-order valence-corrected chi connectivity index (χ0v) is 17.8. The lowest BCUT2D eigenvalue weighted by Crippen LogP contribution is -2.39. The third-order valence-electron chi connectivity index (χ3n) is 6.09. The first kappa shape index (κ1) is 21.6. The zero-order chi connectivity index (χ0) is 21.5. The Bertz CT molecular complexity index is 872. The molecular formula is C26H31NO4. The van der Waals surface area contributed by atoms with Gasteiger partial charge in [0.1, 0.15) is 0 Å². The number of carbonyl (C=O) groups is 1. The molecule has 0 spiro atoms.